The van der Waals surface area contributed by atoms with Gasteiger partial charge in [-0.25, -0.2) is 0 Å². The zero-order valence-electron chi connectivity index (χ0n) is 8.41. The summed E-state index contributed by atoms with van der Waals surface area (Å²) >= 11 is 0. The molecule has 1 heterocycles. The van der Waals surface area contributed by atoms with Gasteiger partial charge in [0.1, 0.15) is 5.75 Å². The lowest BCUT2D eigenvalue weighted by atomic mass is 10.0. The van der Waals surface area contributed by atoms with Gasteiger partial charge < -0.3 is 10.5 Å². The second-order valence-corrected chi connectivity index (χ2v) is 3.55. The molecule has 0 aliphatic carbocycles. The van der Waals surface area contributed by atoms with Gasteiger partial charge in [0.2, 0.25) is 0 Å². The van der Waals surface area contributed by atoms with Crippen molar-refractivity contribution in [2.24, 2.45) is 5.73 Å². The minimum Gasteiger partial charge on any atom is -0.493 e. The Kier molecular flexibility index (Phi) is 4.36. The normalized spacial score (nSPS) is 15.1. The molecule has 4 heteroatoms. The van der Waals surface area contributed by atoms with E-state index < -0.39 is 0 Å². The first-order valence-corrected chi connectivity index (χ1v) is 4.88. The van der Waals surface area contributed by atoms with E-state index in [4.69, 9.17) is 10.5 Å². The number of fused-ring (bicyclic) bond motifs is 1. The molecule has 1 aromatic carbocycles. The molecule has 2 N–H and O–H groups in total. The number of alkyl halides is 1. The Hall–Kier alpha value is -0.800. The van der Waals surface area contributed by atoms with Gasteiger partial charge in [0.15, 0.2) is 0 Å². The van der Waals surface area contributed by atoms with Crippen molar-refractivity contribution in [3.05, 3.63) is 29.3 Å². The summed E-state index contributed by atoms with van der Waals surface area (Å²) in [7, 11) is 0. The average molecular weight is 232 g/mol. The summed E-state index contributed by atoms with van der Waals surface area (Å²) in [5.74, 6) is 0.946. The highest BCUT2D eigenvalue weighted by Crippen LogP contribution is 2.28. The van der Waals surface area contributed by atoms with Crippen molar-refractivity contribution >= 4 is 12.4 Å². The van der Waals surface area contributed by atoms with Gasteiger partial charge in [0.25, 0.3) is 0 Å². The summed E-state index contributed by atoms with van der Waals surface area (Å²) < 4.78 is 17.5. The third kappa shape index (κ3) is 2.61. The van der Waals surface area contributed by atoms with Gasteiger partial charge >= 0.3 is 0 Å². The van der Waals surface area contributed by atoms with E-state index in [1.807, 2.05) is 18.2 Å². The second-order valence-electron chi connectivity index (χ2n) is 3.55. The number of nitrogens with two attached hydrogens (primary N) is 1. The Balaban J connectivity index is 0.00000112. The van der Waals surface area contributed by atoms with E-state index in [2.05, 4.69) is 0 Å². The minimum atomic E-state index is -0.366. The van der Waals surface area contributed by atoms with Crippen LogP contribution in [0.15, 0.2) is 18.2 Å². The van der Waals surface area contributed by atoms with Crippen LogP contribution < -0.4 is 10.5 Å². The van der Waals surface area contributed by atoms with Crippen molar-refractivity contribution < 1.29 is 9.13 Å². The third-order valence-electron chi connectivity index (χ3n) is 2.56. The highest BCUT2D eigenvalue weighted by atomic mass is 35.5. The van der Waals surface area contributed by atoms with Crippen LogP contribution in [0, 0.1) is 0 Å². The van der Waals surface area contributed by atoms with E-state index in [0.717, 1.165) is 24.3 Å². The second kappa shape index (κ2) is 5.33. The van der Waals surface area contributed by atoms with Gasteiger partial charge in [-0.1, -0.05) is 12.1 Å². The predicted octanol–water partition coefficient (Wildman–Crippen LogP) is 2.40. The molecule has 0 bridgehead atoms. The first-order valence-electron chi connectivity index (χ1n) is 4.88. The number of hydrogen-bond acceptors (Lipinski definition) is 2. The van der Waals surface area contributed by atoms with Crippen LogP contribution in [-0.4, -0.2) is 13.3 Å². The van der Waals surface area contributed by atoms with Gasteiger partial charge in [-0.2, -0.15) is 0 Å². The fourth-order valence-corrected chi connectivity index (χ4v) is 1.72. The van der Waals surface area contributed by atoms with E-state index in [1.54, 1.807) is 0 Å². The third-order valence-corrected chi connectivity index (χ3v) is 2.56. The fourth-order valence-electron chi connectivity index (χ4n) is 1.72. The molecule has 0 aromatic heterocycles. The summed E-state index contributed by atoms with van der Waals surface area (Å²) in [5.41, 5.74) is 8.02. The molecular formula is C11H15ClFNO. The Labute approximate surface area is 95.0 Å². The Morgan fingerprint density at radius 3 is 3.00 bits per heavy atom. The zero-order valence-corrected chi connectivity index (χ0v) is 9.23. The molecule has 0 saturated carbocycles. The summed E-state index contributed by atoms with van der Waals surface area (Å²) in [6.07, 6.45) is 1.32. The lowest BCUT2D eigenvalue weighted by Gasteiger charge is -2.10. The summed E-state index contributed by atoms with van der Waals surface area (Å²) in [4.78, 5) is 0. The predicted molar refractivity (Wildman–Crippen MR) is 60.4 cm³/mol. The summed E-state index contributed by atoms with van der Waals surface area (Å²) in [6.45, 7) is 0.381. The molecule has 84 valence electrons. The first-order chi connectivity index (χ1) is 6.81. The van der Waals surface area contributed by atoms with Gasteiger partial charge in [-0.05, 0) is 23.6 Å². The largest absolute Gasteiger partial charge is 0.493 e. The Morgan fingerprint density at radius 2 is 2.27 bits per heavy atom. The minimum absolute atomic E-state index is 0. The molecule has 1 atom stereocenters. The maximum atomic E-state index is 12.1. The lowest BCUT2D eigenvalue weighted by molar-refractivity contribution is 0.356. The molecule has 1 aromatic rings. The molecule has 0 radical (unpaired) electrons. The van der Waals surface area contributed by atoms with Crippen LogP contribution in [0.1, 0.15) is 23.6 Å². The van der Waals surface area contributed by atoms with Crippen LogP contribution >= 0.6 is 12.4 Å². The van der Waals surface area contributed by atoms with Crippen molar-refractivity contribution in [1.82, 2.24) is 0 Å². The first kappa shape index (κ1) is 12.3. The highest BCUT2D eigenvalue weighted by molar-refractivity contribution is 5.85. The Bertz CT molecular complexity index is 332. The van der Waals surface area contributed by atoms with E-state index in [1.165, 1.54) is 5.56 Å². The van der Waals surface area contributed by atoms with Crippen LogP contribution in [0.2, 0.25) is 0 Å². The molecular weight excluding hydrogens is 217 g/mol. The van der Waals surface area contributed by atoms with Gasteiger partial charge in [-0.15, -0.1) is 12.4 Å². The van der Waals surface area contributed by atoms with E-state index >= 15 is 0 Å². The molecule has 15 heavy (non-hydrogen) atoms. The standard InChI is InChI=1S/C11H14FNO.ClH/c12-5-3-10(13)8-1-2-11-9(7-8)4-6-14-11;/h1-2,7,10H,3-6,13H2;1H/t10-;/m1./s1. The van der Waals surface area contributed by atoms with Gasteiger partial charge in [0.05, 0.1) is 13.3 Å². The molecule has 0 amide bonds. The molecule has 0 unspecified atom stereocenters. The summed E-state index contributed by atoms with van der Waals surface area (Å²) in [6, 6.07) is 5.69. The zero-order chi connectivity index (χ0) is 9.97. The van der Waals surface area contributed by atoms with Crippen molar-refractivity contribution in [3.63, 3.8) is 0 Å². The monoisotopic (exact) mass is 231 g/mol. The molecule has 2 rings (SSSR count). The molecule has 0 saturated heterocycles. The van der Waals surface area contributed by atoms with Crippen molar-refractivity contribution in [2.75, 3.05) is 13.3 Å². The van der Waals surface area contributed by atoms with E-state index in [9.17, 15) is 4.39 Å². The van der Waals surface area contributed by atoms with E-state index in [0.29, 0.717) is 6.42 Å². The van der Waals surface area contributed by atoms with Crippen LogP contribution in [-0.2, 0) is 6.42 Å². The SMILES string of the molecule is Cl.N[C@H](CCF)c1ccc2c(c1)CCO2. The van der Waals surface area contributed by atoms with Crippen LogP contribution in [0.5, 0.6) is 5.75 Å². The van der Waals surface area contributed by atoms with Crippen LogP contribution in [0.25, 0.3) is 0 Å². The van der Waals surface area contributed by atoms with Crippen molar-refractivity contribution in [1.29, 1.82) is 0 Å². The molecule has 1 aliphatic heterocycles. The number of ether oxygens (including phenoxy) is 1. The van der Waals surface area contributed by atoms with Crippen LogP contribution in [0.3, 0.4) is 0 Å². The van der Waals surface area contributed by atoms with Gasteiger partial charge in [0, 0.05) is 12.5 Å². The molecule has 0 spiro atoms. The maximum Gasteiger partial charge on any atom is 0.122 e. The van der Waals surface area contributed by atoms with Crippen LogP contribution in [0.4, 0.5) is 4.39 Å². The van der Waals surface area contributed by atoms with Crippen molar-refractivity contribution in [3.8, 4) is 5.75 Å². The molecule has 2 nitrogen and oxygen atoms in total. The van der Waals surface area contributed by atoms with Crippen molar-refractivity contribution in [2.45, 2.75) is 18.9 Å². The quantitative estimate of drug-likeness (QED) is 0.867. The highest BCUT2D eigenvalue weighted by Gasteiger charge is 2.14. The smallest absolute Gasteiger partial charge is 0.122 e. The average Bonchev–Trinajstić information content (AvgIpc) is 2.64. The maximum absolute atomic E-state index is 12.1. The number of rotatable bonds is 3. The topological polar surface area (TPSA) is 35.2 Å². The van der Waals surface area contributed by atoms with E-state index in [-0.39, 0.29) is 25.1 Å². The Morgan fingerprint density at radius 1 is 1.47 bits per heavy atom. The lowest BCUT2D eigenvalue weighted by Crippen LogP contribution is -2.10. The fraction of sp³-hybridized carbons (Fsp3) is 0.455. The number of benzene rings is 1. The molecule has 1 aliphatic rings. The molecule has 0 fully saturated rings. The summed E-state index contributed by atoms with van der Waals surface area (Å²) in [5, 5.41) is 0. The number of halogens is 2. The number of hydrogen-bond donors (Lipinski definition) is 1. The van der Waals surface area contributed by atoms with Gasteiger partial charge in [-0.3, -0.25) is 4.39 Å².